The molecule has 8 heteroatoms. The Hall–Kier alpha value is -1.26. The summed E-state index contributed by atoms with van der Waals surface area (Å²) in [4.78, 5) is 21.7. The van der Waals surface area contributed by atoms with Crippen LogP contribution in [-0.2, 0) is 4.52 Å². The van der Waals surface area contributed by atoms with Gasteiger partial charge >= 0.3 is 155 Å². The zero-order chi connectivity index (χ0) is 20.7. The molecular weight excluding hydrogens is 398 g/mol. The van der Waals surface area contributed by atoms with Gasteiger partial charge in [0, 0.05) is 0 Å². The van der Waals surface area contributed by atoms with Crippen LogP contribution in [0.5, 0.6) is 11.5 Å². The number of hydrogen-bond acceptors (Lipinski definition) is 6. The van der Waals surface area contributed by atoms with Gasteiger partial charge in [0.1, 0.15) is 0 Å². The van der Waals surface area contributed by atoms with E-state index in [1.54, 1.807) is 0 Å². The van der Waals surface area contributed by atoms with Gasteiger partial charge in [-0.05, 0) is 0 Å². The van der Waals surface area contributed by atoms with E-state index in [4.69, 9.17) is 28.3 Å². The molecule has 0 radical (unpaired) electrons. The maximum Gasteiger partial charge on any atom is 0.324 e. The summed E-state index contributed by atoms with van der Waals surface area (Å²) in [5.41, 5.74) is 0. The molecular formula is C20H32O6P2. The van der Waals surface area contributed by atoms with E-state index in [2.05, 4.69) is 13.8 Å². The molecule has 0 spiro atoms. The monoisotopic (exact) mass is 430 g/mol. The largest absolute Gasteiger partial charge is 0.328 e. The second-order valence-electron chi connectivity index (χ2n) is 6.04. The third-order valence-electron chi connectivity index (χ3n) is 3.79. The molecule has 0 aliphatic carbocycles. The molecule has 0 atom stereocenters. The Morgan fingerprint density at radius 1 is 0.750 bits per heavy atom. The summed E-state index contributed by atoms with van der Waals surface area (Å²) in [5, 5.41) is 0. The summed E-state index contributed by atoms with van der Waals surface area (Å²) in [6, 6.07) is 19.6. The molecule has 0 aromatic heterocycles. The Balaban J connectivity index is 0.000000892. The fourth-order valence-electron chi connectivity index (χ4n) is 2.42. The number of para-hydroxylation sites is 2. The number of hydrogen-bond donors (Lipinski definition) is 3. The van der Waals surface area contributed by atoms with Crippen molar-refractivity contribution in [3.8, 4) is 11.5 Å². The second kappa shape index (κ2) is 14.7. The number of rotatable bonds is 11. The van der Waals surface area contributed by atoms with Crippen LogP contribution >= 0.6 is 16.5 Å². The van der Waals surface area contributed by atoms with E-state index in [1.807, 2.05) is 60.7 Å². The molecule has 28 heavy (non-hydrogen) atoms. The van der Waals surface area contributed by atoms with Crippen molar-refractivity contribution in [2.75, 3.05) is 12.8 Å². The molecule has 0 heterocycles. The van der Waals surface area contributed by atoms with Crippen molar-refractivity contribution in [3.63, 3.8) is 0 Å². The van der Waals surface area contributed by atoms with Crippen molar-refractivity contribution in [1.82, 2.24) is 0 Å². The summed E-state index contributed by atoms with van der Waals surface area (Å²) in [6.07, 6.45) is 5.41. The zero-order valence-corrected chi connectivity index (χ0v) is 18.4. The Labute approximate surface area is 169 Å². The molecule has 3 N–H and O–H groups in total. The molecule has 0 saturated carbocycles. The third-order valence-corrected chi connectivity index (χ3v) is 6.39. The summed E-state index contributed by atoms with van der Waals surface area (Å²) < 4.78 is 18.7. The predicted octanol–water partition coefficient (Wildman–Crippen LogP) is 5.45. The summed E-state index contributed by atoms with van der Waals surface area (Å²) >= 11 is 0. The minimum atomic E-state index is -2.81. The average Bonchev–Trinajstić information content (AvgIpc) is 2.69. The van der Waals surface area contributed by atoms with Crippen molar-refractivity contribution < 1.29 is 28.3 Å². The van der Waals surface area contributed by atoms with E-state index in [9.17, 15) is 0 Å². The Kier molecular flexibility index (Phi) is 13.0. The van der Waals surface area contributed by atoms with Crippen molar-refractivity contribution in [2.45, 2.75) is 39.5 Å². The number of benzene rings is 2. The minimum Gasteiger partial charge on any atom is -0.328 e. The van der Waals surface area contributed by atoms with E-state index in [0.717, 1.165) is 24.1 Å². The molecule has 2 rings (SSSR count). The molecule has 6 nitrogen and oxygen atoms in total. The van der Waals surface area contributed by atoms with Crippen LogP contribution < -0.4 is 9.05 Å². The van der Waals surface area contributed by atoms with Gasteiger partial charge in [-0.15, -0.1) is 0 Å². The molecule has 0 saturated heterocycles. The standard InChI is InChI=1S/C20H29O3P.H3O3P/c1-3-5-6-13-18-21-24(4-2,22-19-14-9-7-10-15-19)23-20-16-11-8-12-17-20;1-4(2)3/h7-12,14-17,24H,3-6,13,18H2,1-2H3;1-3H. The molecule has 0 unspecified atom stereocenters. The van der Waals surface area contributed by atoms with Gasteiger partial charge in [0.2, 0.25) is 0 Å². The van der Waals surface area contributed by atoms with Gasteiger partial charge in [-0.1, -0.05) is 0 Å². The first-order valence-electron chi connectivity index (χ1n) is 9.50. The fourth-order valence-corrected chi connectivity index (χ4v) is 4.52. The van der Waals surface area contributed by atoms with E-state index >= 15 is 0 Å². The van der Waals surface area contributed by atoms with Crippen LogP contribution in [0.4, 0.5) is 0 Å². The van der Waals surface area contributed by atoms with Gasteiger partial charge in [0.05, 0.1) is 0 Å². The molecule has 0 aliphatic heterocycles. The van der Waals surface area contributed by atoms with Crippen LogP contribution in [0.3, 0.4) is 0 Å². The van der Waals surface area contributed by atoms with E-state index in [1.165, 1.54) is 19.3 Å². The fraction of sp³-hybridized carbons (Fsp3) is 0.400. The van der Waals surface area contributed by atoms with Crippen molar-refractivity contribution in [1.29, 1.82) is 0 Å². The molecule has 0 fully saturated rings. The molecule has 0 bridgehead atoms. The van der Waals surface area contributed by atoms with Crippen LogP contribution in [0.15, 0.2) is 60.7 Å². The molecule has 158 valence electrons. The molecule has 2 aromatic rings. The SMILES string of the molecule is CCCCCCO[PH](CC)(Oc1ccccc1)Oc1ccccc1.OP(O)O. The van der Waals surface area contributed by atoms with Crippen LogP contribution in [0, 0.1) is 0 Å². The smallest absolute Gasteiger partial charge is 0.324 e. The second-order valence-corrected chi connectivity index (χ2v) is 9.35. The summed E-state index contributed by atoms with van der Waals surface area (Å²) in [5.74, 6) is 1.60. The first-order chi connectivity index (χ1) is 13.5. The summed E-state index contributed by atoms with van der Waals surface area (Å²) in [7, 11) is -5.43. The minimum absolute atomic E-state index is 0.680. The average molecular weight is 430 g/mol. The van der Waals surface area contributed by atoms with Gasteiger partial charge < -0.3 is 14.7 Å². The van der Waals surface area contributed by atoms with Gasteiger partial charge in [0.15, 0.2) is 0 Å². The first-order valence-corrected chi connectivity index (χ1v) is 12.6. The topological polar surface area (TPSA) is 88.4 Å². The van der Waals surface area contributed by atoms with Crippen molar-refractivity contribution >= 4 is 16.5 Å². The molecule has 0 aliphatic rings. The van der Waals surface area contributed by atoms with E-state index in [-0.39, 0.29) is 0 Å². The predicted molar refractivity (Wildman–Crippen MR) is 117 cm³/mol. The van der Waals surface area contributed by atoms with Crippen LogP contribution in [-0.4, -0.2) is 27.4 Å². The Morgan fingerprint density at radius 2 is 1.21 bits per heavy atom. The van der Waals surface area contributed by atoms with Gasteiger partial charge in [-0.3, -0.25) is 0 Å². The van der Waals surface area contributed by atoms with E-state index < -0.39 is 16.5 Å². The quantitative estimate of drug-likeness (QED) is 0.325. The van der Waals surface area contributed by atoms with Gasteiger partial charge in [-0.25, -0.2) is 0 Å². The van der Waals surface area contributed by atoms with Gasteiger partial charge in [-0.2, -0.15) is 0 Å². The van der Waals surface area contributed by atoms with Crippen molar-refractivity contribution in [2.24, 2.45) is 0 Å². The van der Waals surface area contributed by atoms with E-state index in [0.29, 0.717) is 6.61 Å². The summed E-state index contributed by atoms with van der Waals surface area (Å²) in [6.45, 7) is 4.97. The van der Waals surface area contributed by atoms with Gasteiger partial charge in [0.25, 0.3) is 0 Å². The maximum atomic E-state index is 7.23. The Morgan fingerprint density at radius 3 is 1.61 bits per heavy atom. The molecule has 2 aromatic carbocycles. The van der Waals surface area contributed by atoms with Crippen LogP contribution in [0.2, 0.25) is 0 Å². The van der Waals surface area contributed by atoms with Crippen LogP contribution in [0.1, 0.15) is 39.5 Å². The number of unbranched alkanes of at least 4 members (excludes halogenated alkanes) is 3. The zero-order valence-electron chi connectivity index (χ0n) is 16.5. The normalized spacial score (nSPS) is 11.5. The third kappa shape index (κ3) is 10.9. The van der Waals surface area contributed by atoms with Crippen molar-refractivity contribution in [3.05, 3.63) is 60.7 Å². The van der Waals surface area contributed by atoms with Crippen LogP contribution in [0.25, 0.3) is 0 Å². The first kappa shape index (κ1) is 24.8. The molecule has 0 amide bonds. The maximum absolute atomic E-state index is 7.23. The Bertz CT molecular complexity index is 568.